The van der Waals surface area contributed by atoms with Gasteiger partial charge in [-0.2, -0.15) is 5.10 Å². The number of aryl methyl sites for hydroxylation is 1. The molecule has 3 aliphatic heterocycles. The van der Waals surface area contributed by atoms with E-state index in [1.54, 1.807) is 35.1 Å². The summed E-state index contributed by atoms with van der Waals surface area (Å²) in [6, 6.07) is 5.32. The molecule has 2 aromatic heterocycles. The number of amides is 1. The number of fused-ring (bicyclic) bond motifs is 2. The Morgan fingerprint density at radius 1 is 1.16 bits per heavy atom. The van der Waals surface area contributed by atoms with E-state index >= 15 is 0 Å². The zero-order chi connectivity index (χ0) is 21.8. The Hall–Kier alpha value is -3.82. The Labute approximate surface area is 183 Å². The van der Waals surface area contributed by atoms with Crippen molar-refractivity contribution in [2.24, 2.45) is 12.0 Å². The van der Waals surface area contributed by atoms with Crippen molar-refractivity contribution in [1.29, 1.82) is 0 Å². The summed E-state index contributed by atoms with van der Waals surface area (Å²) in [6.45, 7) is 2.73. The van der Waals surface area contributed by atoms with E-state index in [-0.39, 0.29) is 18.0 Å². The van der Waals surface area contributed by atoms with Crippen LogP contribution in [0, 0.1) is 5.82 Å². The largest absolute Gasteiger partial charge is 0.447 e. The predicted molar refractivity (Wildman–Crippen MR) is 114 cm³/mol. The third-order valence-electron chi connectivity index (χ3n) is 6.21. The number of nitrogens with zero attached hydrogens (tertiary/aromatic N) is 7. The van der Waals surface area contributed by atoms with Crippen LogP contribution in [0.2, 0.25) is 0 Å². The van der Waals surface area contributed by atoms with E-state index in [1.807, 2.05) is 12.1 Å². The number of halogens is 1. The van der Waals surface area contributed by atoms with Gasteiger partial charge in [0, 0.05) is 55.6 Å². The first-order valence-electron chi connectivity index (χ1n) is 10.4. The van der Waals surface area contributed by atoms with Crippen molar-refractivity contribution >= 4 is 17.6 Å². The van der Waals surface area contributed by atoms with Crippen LogP contribution < -0.4 is 4.90 Å². The molecule has 1 unspecified atom stereocenters. The minimum Gasteiger partial charge on any atom is -0.447 e. The van der Waals surface area contributed by atoms with Gasteiger partial charge in [-0.1, -0.05) is 0 Å². The monoisotopic (exact) mass is 433 g/mol. The van der Waals surface area contributed by atoms with Crippen LogP contribution in [0.25, 0.3) is 11.1 Å². The van der Waals surface area contributed by atoms with E-state index in [4.69, 9.17) is 4.74 Å². The summed E-state index contributed by atoms with van der Waals surface area (Å²) < 4.78 is 21.6. The first-order chi connectivity index (χ1) is 15.6. The Morgan fingerprint density at radius 2 is 2.06 bits per heavy atom. The van der Waals surface area contributed by atoms with Gasteiger partial charge in [0.25, 0.3) is 0 Å². The van der Waals surface area contributed by atoms with Gasteiger partial charge in [-0.15, -0.1) is 0 Å². The van der Waals surface area contributed by atoms with E-state index in [0.29, 0.717) is 49.6 Å². The third-order valence-corrected chi connectivity index (χ3v) is 6.21. The number of piperazine rings is 1. The van der Waals surface area contributed by atoms with Gasteiger partial charge in [0.1, 0.15) is 24.6 Å². The van der Waals surface area contributed by atoms with Gasteiger partial charge < -0.3 is 9.64 Å². The normalized spacial score (nSPS) is 19.6. The zero-order valence-corrected chi connectivity index (χ0v) is 17.4. The number of carbonyl (C=O) groups excluding carboxylic acids is 1. The maximum absolute atomic E-state index is 14.8. The quantitative estimate of drug-likeness (QED) is 0.628. The Kier molecular flexibility index (Phi) is 4.20. The highest BCUT2D eigenvalue weighted by atomic mass is 19.1. The van der Waals surface area contributed by atoms with Gasteiger partial charge in [-0.3, -0.25) is 14.6 Å². The molecule has 3 aromatic rings. The highest BCUT2D eigenvalue weighted by Crippen LogP contribution is 2.31. The molecule has 1 amide bonds. The smallest absolute Gasteiger partial charge is 0.410 e. The second-order valence-corrected chi connectivity index (χ2v) is 8.19. The van der Waals surface area contributed by atoms with E-state index in [1.165, 1.54) is 6.33 Å². The molecule has 3 aliphatic rings. The van der Waals surface area contributed by atoms with Gasteiger partial charge in [-0.25, -0.2) is 19.2 Å². The van der Waals surface area contributed by atoms with Crippen LogP contribution >= 0.6 is 0 Å². The SMILES string of the molecule is Cn1cc(-c2cc3c(cc2F)CN=C3c2cc(N3CCN4C(=O)OCC4C3)ncn2)cn1. The number of rotatable bonds is 3. The Balaban J connectivity index is 1.31. The van der Waals surface area contributed by atoms with Crippen LogP contribution in [0.4, 0.5) is 15.0 Å². The van der Waals surface area contributed by atoms with Crippen LogP contribution in [0.15, 0.2) is 41.9 Å². The lowest BCUT2D eigenvalue weighted by molar-refractivity contribution is 0.157. The molecular weight excluding hydrogens is 413 g/mol. The molecule has 1 atom stereocenters. The van der Waals surface area contributed by atoms with Crippen LogP contribution in [-0.2, 0) is 18.3 Å². The second kappa shape index (κ2) is 7.11. The fraction of sp³-hybridized carbons (Fsp3) is 0.318. The molecule has 0 spiro atoms. The first kappa shape index (κ1) is 18.9. The third kappa shape index (κ3) is 3.02. The Morgan fingerprint density at radius 3 is 2.91 bits per heavy atom. The van der Waals surface area contributed by atoms with Gasteiger partial charge in [0.05, 0.1) is 30.2 Å². The van der Waals surface area contributed by atoms with Gasteiger partial charge in [0.2, 0.25) is 0 Å². The van der Waals surface area contributed by atoms with Crippen LogP contribution in [0.5, 0.6) is 0 Å². The summed E-state index contributed by atoms with van der Waals surface area (Å²) in [4.78, 5) is 29.2. The highest BCUT2D eigenvalue weighted by Gasteiger charge is 2.38. The lowest BCUT2D eigenvalue weighted by atomic mass is 9.97. The van der Waals surface area contributed by atoms with Gasteiger partial charge in [-0.05, 0) is 17.7 Å². The summed E-state index contributed by atoms with van der Waals surface area (Å²) in [5.41, 5.74) is 4.33. The van der Waals surface area contributed by atoms with Crippen molar-refractivity contribution in [1.82, 2.24) is 24.6 Å². The van der Waals surface area contributed by atoms with Gasteiger partial charge >= 0.3 is 6.09 Å². The summed E-state index contributed by atoms with van der Waals surface area (Å²) in [5, 5.41) is 4.16. The molecule has 6 rings (SSSR count). The average Bonchev–Trinajstić information content (AvgIpc) is 3.51. The lowest BCUT2D eigenvalue weighted by Crippen LogP contribution is -2.52. The maximum Gasteiger partial charge on any atom is 0.410 e. The number of cyclic esters (lactones) is 1. The number of benzene rings is 1. The molecule has 1 aromatic carbocycles. The molecule has 0 N–H and O–H groups in total. The molecule has 32 heavy (non-hydrogen) atoms. The minimum absolute atomic E-state index is 0.0317. The zero-order valence-electron chi connectivity index (χ0n) is 17.4. The van der Waals surface area contributed by atoms with E-state index in [9.17, 15) is 9.18 Å². The lowest BCUT2D eigenvalue weighted by Gasteiger charge is -2.36. The van der Waals surface area contributed by atoms with Crippen LogP contribution in [-0.4, -0.2) is 68.7 Å². The number of ether oxygens (including phenoxy) is 1. The standard InChI is InChI=1S/C22H20FN7O2/c1-28-9-14(8-27-28)16-5-17-13(4-18(16)23)7-24-21(17)19-6-20(26-12-25-19)29-2-3-30-15(10-29)11-32-22(30)31/h4-6,8-9,12,15H,2-3,7,10-11H2,1H3. The number of aromatic nitrogens is 4. The molecule has 162 valence electrons. The summed E-state index contributed by atoms with van der Waals surface area (Å²) in [7, 11) is 1.80. The topological polar surface area (TPSA) is 88.7 Å². The molecule has 2 fully saturated rings. The molecule has 0 aliphatic carbocycles. The van der Waals surface area contributed by atoms with Crippen molar-refractivity contribution < 1.29 is 13.9 Å². The van der Waals surface area contributed by atoms with Gasteiger partial charge in [0.15, 0.2) is 0 Å². The fourth-order valence-corrected chi connectivity index (χ4v) is 4.56. The number of carbonyl (C=O) groups is 1. The van der Waals surface area contributed by atoms with E-state index in [0.717, 1.165) is 22.7 Å². The van der Waals surface area contributed by atoms with E-state index < -0.39 is 0 Å². The van der Waals surface area contributed by atoms with Crippen LogP contribution in [0.3, 0.4) is 0 Å². The summed E-state index contributed by atoms with van der Waals surface area (Å²) in [6.07, 6.45) is 4.72. The molecular formula is C22H20FN7O2. The summed E-state index contributed by atoms with van der Waals surface area (Å²) >= 11 is 0. The van der Waals surface area contributed by atoms with Crippen molar-refractivity contribution in [3.8, 4) is 11.1 Å². The second-order valence-electron chi connectivity index (χ2n) is 8.19. The molecule has 0 saturated carbocycles. The van der Waals surface area contributed by atoms with Crippen LogP contribution in [0.1, 0.15) is 16.8 Å². The van der Waals surface area contributed by atoms with Crippen molar-refractivity contribution in [2.75, 3.05) is 31.1 Å². The molecule has 0 radical (unpaired) electrons. The Bertz CT molecular complexity index is 1270. The number of aliphatic imine (C=N–C) groups is 1. The van der Waals surface area contributed by atoms with Crippen molar-refractivity contribution in [3.63, 3.8) is 0 Å². The number of hydrogen-bond donors (Lipinski definition) is 0. The number of anilines is 1. The van der Waals surface area contributed by atoms with Crippen molar-refractivity contribution in [2.45, 2.75) is 12.6 Å². The number of hydrogen-bond acceptors (Lipinski definition) is 7. The maximum atomic E-state index is 14.8. The molecule has 2 saturated heterocycles. The summed E-state index contributed by atoms with van der Waals surface area (Å²) in [5.74, 6) is 0.488. The highest BCUT2D eigenvalue weighted by molar-refractivity contribution is 6.14. The first-order valence-corrected chi connectivity index (χ1v) is 10.4. The molecule has 10 heteroatoms. The molecule has 5 heterocycles. The molecule has 9 nitrogen and oxygen atoms in total. The fourth-order valence-electron chi connectivity index (χ4n) is 4.56. The van der Waals surface area contributed by atoms with Crippen molar-refractivity contribution in [3.05, 3.63) is 59.6 Å². The minimum atomic E-state index is -0.289. The molecule has 0 bridgehead atoms. The average molecular weight is 433 g/mol. The van der Waals surface area contributed by atoms with E-state index in [2.05, 4.69) is 25.0 Å². The predicted octanol–water partition coefficient (Wildman–Crippen LogP) is 2.01.